The number of rotatable bonds is 4. The van der Waals surface area contributed by atoms with Crippen molar-refractivity contribution in [3.05, 3.63) is 59.8 Å². The smallest absolute Gasteiger partial charge is 0.289 e. The number of carbonyl (C=O) groups is 1. The molecule has 96 valence electrons. The predicted octanol–water partition coefficient (Wildman–Crippen LogP) is 2.49. The summed E-state index contributed by atoms with van der Waals surface area (Å²) in [4.78, 5) is 15.5. The molecule has 0 aromatic carbocycles. The first-order valence-corrected chi connectivity index (χ1v) is 5.72. The van der Waals surface area contributed by atoms with E-state index in [0.717, 1.165) is 11.3 Å². The van der Waals surface area contributed by atoms with Crippen molar-refractivity contribution in [3.63, 3.8) is 0 Å². The van der Waals surface area contributed by atoms with Crippen LogP contribution >= 0.6 is 0 Å². The van der Waals surface area contributed by atoms with Gasteiger partial charge in [0.2, 0.25) is 0 Å². The first kappa shape index (κ1) is 12.8. The third-order valence-electron chi connectivity index (χ3n) is 2.24. The van der Waals surface area contributed by atoms with E-state index in [4.69, 9.17) is 4.42 Å². The maximum atomic E-state index is 11.6. The van der Waals surface area contributed by atoms with Crippen molar-refractivity contribution in [1.82, 2.24) is 10.4 Å². The van der Waals surface area contributed by atoms with Crippen LogP contribution in [0, 0.1) is 0 Å². The van der Waals surface area contributed by atoms with Gasteiger partial charge in [0.25, 0.3) is 5.91 Å². The van der Waals surface area contributed by atoms with Gasteiger partial charge in [0.15, 0.2) is 0 Å². The quantitative estimate of drug-likeness (QED) is 0.674. The molecule has 2 heterocycles. The third kappa shape index (κ3) is 3.92. The zero-order chi connectivity index (χ0) is 13.5. The SMILES string of the molecule is CC(=Cc1ccco1)/C=N\NC(=O)c1ccccn1. The highest BCUT2D eigenvalue weighted by Crippen LogP contribution is 2.05. The van der Waals surface area contributed by atoms with Gasteiger partial charge in [0.05, 0.1) is 12.5 Å². The number of nitrogens with zero attached hydrogens (tertiary/aromatic N) is 2. The highest BCUT2D eigenvalue weighted by Gasteiger charge is 2.03. The minimum atomic E-state index is -0.345. The maximum absolute atomic E-state index is 11.6. The van der Waals surface area contributed by atoms with Crippen LogP contribution in [0.2, 0.25) is 0 Å². The Morgan fingerprint density at radius 2 is 2.26 bits per heavy atom. The number of carbonyl (C=O) groups excluding carboxylic acids is 1. The van der Waals surface area contributed by atoms with Crippen molar-refractivity contribution in [2.24, 2.45) is 5.10 Å². The highest BCUT2D eigenvalue weighted by molar-refractivity contribution is 5.93. The molecule has 0 aliphatic carbocycles. The number of hydrogen-bond donors (Lipinski definition) is 1. The van der Waals surface area contributed by atoms with E-state index >= 15 is 0 Å². The van der Waals surface area contributed by atoms with E-state index in [0.29, 0.717) is 5.69 Å². The lowest BCUT2D eigenvalue weighted by molar-refractivity contribution is 0.0950. The second kappa shape index (κ2) is 6.30. The Morgan fingerprint density at radius 1 is 1.37 bits per heavy atom. The van der Waals surface area contributed by atoms with Gasteiger partial charge in [-0.3, -0.25) is 9.78 Å². The average molecular weight is 255 g/mol. The largest absolute Gasteiger partial charge is 0.465 e. The van der Waals surface area contributed by atoms with Crippen LogP contribution in [0.15, 0.2) is 57.9 Å². The van der Waals surface area contributed by atoms with E-state index in [1.54, 1.807) is 42.9 Å². The fourth-order valence-corrected chi connectivity index (χ4v) is 1.38. The number of allylic oxidation sites excluding steroid dienone is 1. The molecule has 5 heteroatoms. The molecule has 5 nitrogen and oxygen atoms in total. The number of nitrogens with one attached hydrogen (secondary N) is 1. The second-order valence-electron chi connectivity index (χ2n) is 3.82. The van der Waals surface area contributed by atoms with E-state index in [-0.39, 0.29) is 5.91 Å². The fraction of sp³-hybridized carbons (Fsp3) is 0.0714. The summed E-state index contributed by atoms with van der Waals surface area (Å²) in [5.74, 6) is 0.391. The first-order chi connectivity index (χ1) is 9.25. The molecule has 0 atom stereocenters. The lowest BCUT2D eigenvalue weighted by atomic mass is 10.3. The molecular weight excluding hydrogens is 242 g/mol. The standard InChI is InChI=1S/C14H13N3O2/c1-11(9-12-5-4-8-19-12)10-16-17-14(18)13-6-2-3-7-15-13/h2-10H,1H3,(H,17,18)/b11-9?,16-10-. The summed E-state index contributed by atoms with van der Waals surface area (Å²) in [7, 11) is 0. The van der Waals surface area contributed by atoms with Gasteiger partial charge in [-0.1, -0.05) is 6.07 Å². The first-order valence-electron chi connectivity index (χ1n) is 5.72. The van der Waals surface area contributed by atoms with Crippen molar-refractivity contribution in [1.29, 1.82) is 0 Å². The summed E-state index contributed by atoms with van der Waals surface area (Å²) < 4.78 is 5.17. The molecule has 2 aromatic rings. The molecule has 0 unspecified atom stereocenters. The summed E-state index contributed by atoms with van der Waals surface area (Å²) >= 11 is 0. The minimum absolute atomic E-state index is 0.326. The van der Waals surface area contributed by atoms with Crippen LogP contribution in [0.3, 0.4) is 0 Å². The summed E-state index contributed by atoms with van der Waals surface area (Å²) in [5, 5.41) is 3.85. The lowest BCUT2D eigenvalue weighted by Gasteiger charge is -1.97. The Balaban J connectivity index is 1.92. The minimum Gasteiger partial charge on any atom is -0.465 e. The van der Waals surface area contributed by atoms with Crippen LogP contribution in [-0.2, 0) is 0 Å². The van der Waals surface area contributed by atoms with E-state index in [1.165, 1.54) is 0 Å². The Hall–Kier alpha value is -2.69. The van der Waals surface area contributed by atoms with Gasteiger partial charge in [-0.05, 0) is 42.8 Å². The lowest BCUT2D eigenvalue weighted by Crippen LogP contribution is -2.18. The molecular formula is C14H13N3O2. The molecule has 2 rings (SSSR count). The van der Waals surface area contributed by atoms with Gasteiger partial charge in [0, 0.05) is 6.20 Å². The Labute approximate surface area is 110 Å². The number of aromatic nitrogens is 1. The highest BCUT2D eigenvalue weighted by atomic mass is 16.3. The van der Waals surface area contributed by atoms with E-state index in [1.807, 2.05) is 19.1 Å². The number of hydrazone groups is 1. The monoisotopic (exact) mass is 255 g/mol. The Kier molecular flexibility index (Phi) is 4.23. The van der Waals surface area contributed by atoms with Gasteiger partial charge in [-0.2, -0.15) is 5.10 Å². The average Bonchev–Trinajstić information content (AvgIpc) is 2.92. The van der Waals surface area contributed by atoms with Crippen LogP contribution in [-0.4, -0.2) is 17.1 Å². The Bertz CT molecular complexity index is 586. The zero-order valence-electron chi connectivity index (χ0n) is 10.4. The summed E-state index contributed by atoms with van der Waals surface area (Å²) in [6.07, 6.45) is 6.51. The van der Waals surface area contributed by atoms with E-state index in [9.17, 15) is 4.79 Å². The summed E-state index contributed by atoms with van der Waals surface area (Å²) in [6.45, 7) is 1.86. The third-order valence-corrected chi connectivity index (χ3v) is 2.24. The molecule has 19 heavy (non-hydrogen) atoms. The van der Waals surface area contributed by atoms with Gasteiger partial charge >= 0.3 is 0 Å². The molecule has 0 bridgehead atoms. The molecule has 0 saturated heterocycles. The van der Waals surface area contributed by atoms with Gasteiger partial charge in [-0.15, -0.1) is 0 Å². The molecule has 0 spiro atoms. The summed E-state index contributed by atoms with van der Waals surface area (Å²) in [5.41, 5.74) is 3.59. The molecule has 2 aromatic heterocycles. The summed E-state index contributed by atoms with van der Waals surface area (Å²) in [6, 6.07) is 8.75. The van der Waals surface area contributed by atoms with Crippen molar-refractivity contribution in [3.8, 4) is 0 Å². The van der Waals surface area contributed by atoms with Crippen molar-refractivity contribution in [2.75, 3.05) is 0 Å². The van der Waals surface area contributed by atoms with E-state index < -0.39 is 0 Å². The maximum Gasteiger partial charge on any atom is 0.289 e. The van der Waals surface area contributed by atoms with Crippen LogP contribution in [0.1, 0.15) is 23.2 Å². The molecule has 0 aliphatic rings. The molecule has 1 amide bonds. The number of amides is 1. The van der Waals surface area contributed by atoms with Gasteiger partial charge < -0.3 is 4.42 Å². The Morgan fingerprint density at radius 3 is 2.95 bits per heavy atom. The van der Waals surface area contributed by atoms with Crippen LogP contribution in [0.5, 0.6) is 0 Å². The van der Waals surface area contributed by atoms with Crippen molar-refractivity contribution in [2.45, 2.75) is 6.92 Å². The van der Waals surface area contributed by atoms with Crippen LogP contribution in [0.4, 0.5) is 0 Å². The normalized spacial score (nSPS) is 11.7. The molecule has 0 aliphatic heterocycles. The predicted molar refractivity (Wildman–Crippen MR) is 72.6 cm³/mol. The van der Waals surface area contributed by atoms with E-state index in [2.05, 4.69) is 15.5 Å². The van der Waals surface area contributed by atoms with Crippen molar-refractivity contribution >= 4 is 18.2 Å². The molecule has 1 N–H and O–H groups in total. The molecule has 0 radical (unpaired) electrons. The number of furan rings is 1. The topological polar surface area (TPSA) is 67.5 Å². The molecule has 0 fully saturated rings. The zero-order valence-corrected chi connectivity index (χ0v) is 10.4. The van der Waals surface area contributed by atoms with Crippen molar-refractivity contribution < 1.29 is 9.21 Å². The second-order valence-corrected chi connectivity index (χ2v) is 3.82. The number of hydrogen-bond acceptors (Lipinski definition) is 4. The van der Waals surface area contributed by atoms with Crippen LogP contribution < -0.4 is 5.43 Å². The van der Waals surface area contributed by atoms with Gasteiger partial charge in [-0.25, -0.2) is 5.43 Å². The fourth-order valence-electron chi connectivity index (χ4n) is 1.38. The molecule has 0 saturated carbocycles. The van der Waals surface area contributed by atoms with Gasteiger partial charge in [0.1, 0.15) is 11.5 Å². The van der Waals surface area contributed by atoms with Crippen LogP contribution in [0.25, 0.3) is 6.08 Å². The number of pyridine rings is 1.